The second-order valence-corrected chi connectivity index (χ2v) is 3.18. The average Bonchev–Trinajstić information content (AvgIpc) is 2.63. The molecule has 0 aromatic heterocycles. The lowest BCUT2D eigenvalue weighted by atomic mass is 10.0. The molecule has 0 aromatic carbocycles. The van der Waals surface area contributed by atoms with Crippen LogP contribution in [0, 0.1) is 5.92 Å². The van der Waals surface area contributed by atoms with Crippen molar-refractivity contribution in [1.82, 2.24) is 10.6 Å². The van der Waals surface area contributed by atoms with Gasteiger partial charge >= 0.3 is 6.03 Å². The van der Waals surface area contributed by atoms with Gasteiger partial charge in [-0.25, -0.2) is 4.79 Å². The van der Waals surface area contributed by atoms with Gasteiger partial charge in [-0.2, -0.15) is 0 Å². The van der Waals surface area contributed by atoms with Crippen molar-refractivity contribution in [2.24, 2.45) is 5.92 Å². The van der Waals surface area contributed by atoms with Crippen LogP contribution in [0.15, 0.2) is 24.3 Å². The molecule has 0 bridgehead atoms. The molecular weight excluding hydrogens is 168 g/mol. The average molecular weight is 178 g/mol. The second kappa shape index (κ2) is 3.05. The third-order valence-electron chi connectivity index (χ3n) is 2.19. The van der Waals surface area contributed by atoms with Gasteiger partial charge in [-0.1, -0.05) is 24.3 Å². The van der Waals surface area contributed by atoms with E-state index in [-0.39, 0.29) is 23.9 Å². The second-order valence-electron chi connectivity index (χ2n) is 3.18. The fraction of sp³-hybridized carbons (Fsp3) is 0.333. The van der Waals surface area contributed by atoms with Crippen molar-refractivity contribution in [2.75, 3.05) is 0 Å². The van der Waals surface area contributed by atoms with Crippen LogP contribution in [0.2, 0.25) is 0 Å². The maximum atomic E-state index is 11.1. The highest BCUT2D eigenvalue weighted by Gasteiger charge is 2.30. The summed E-state index contributed by atoms with van der Waals surface area (Å²) in [6.07, 6.45) is 8.55. The standard InChI is InChI=1S/C9H10N2O2/c12-8-7(10-9(13)11-8)5-6-3-1-2-4-6/h1-4,6-7H,5H2,(H2,10,11,12,13). The predicted octanol–water partition coefficient (Wildman–Crippen LogP) is 0.327. The van der Waals surface area contributed by atoms with E-state index < -0.39 is 0 Å². The van der Waals surface area contributed by atoms with E-state index in [0.717, 1.165) is 0 Å². The molecule has 0 saturated carbocycles. The molecule has 4 nitrogen and oxygen atoms in total. The maximum Gasteiger partial charge on any atom is 0.322 e. The van der Waals surface area contributed by atoms with Gasteiger partial charge in [0.05, 0.1) is 0 Å². The third-order valence-corrected chi connectivity index (χ3v) is 2.19. The number of carbonyl (C=O) groups is 2. The highest BCUT2D eigenvalue weighted by molar-refractivity contribution is 6.04. The van der Waals surface area contributed by atoms with Crippen LogP contribution in [-0.2, 0) is 4.79 Å². The largest absolute Gasteiger partial charge is 0.326 e. The first-order valence-corrected chi connectivity index (χ1v) is 4.22. The number of amides is 3. The van der Waals surface area contributed by atoms with Crippen LogP contribution in [-0.4, -0.2) is 18.0 Å². The summed E-state index contributed by atoms with van der Waals surface area (Å²) in [5, 5.41) is 4.77. The van der Waals surface area contributed by atoms with E-state index in [1.54, 1.807) is 0 Å². The molecule has 1 aliphatic heterocycles. The maximum absolute atomic E-state index is 11.1. The van der Waals surface area contributed by atoms with Crippen molar-refractivity contribution in [2.45, 2.75) is 12.5 Å². The number of hydrogen-bond acceptors (Lipinski definition) is 2. The molecule has 2 rings (SSSR count). The Balaban J connectivity index is 1.95. The van der Waals surface area contributed by atoms with Crippen molar-refractivity contribution >= 4 is 11.9 Å². The SMILES string of the molecule is O=C1NC(=O)C(CC2C=CC=C2)N1. The van der Waals surface area contributed by atoms with Gasteiger partial charge in [0.25, 0.3) is 5.91 Å². The van der Waals surface area contributed by atoms with Gasteiger partial charge in [0.2, 0.25) is 0 Å². The number of nitrogens with one attached hydrogen (secondary N) is 2. The molecule has 1 aliphatic carbocycles. The molecular formula is C9H10N2O2. The summed E-state index contributed by atoms with van der Waals surface area (Å²) in [6.45, 7) is 0. The lowest BCUT2D eigenvalue weighted by Gasteiger charge is -2.09. The Bertz CT molecular complexity index is 295. The van der Waals surface area contributed by atoms with Gasteiger partial charge in [0.15, 0.2) is 0 Å². The van der Waals surface area contributed by atoms with Crippen LogP contribution >= 0.6 is 0 Å². The summed E-state index contributed by atoms with van der Waals surface area (Å²) < 4.78 is 0. The van der Waals surface area contributed by atoms with Crippen molar-refractivity contribution in [3.05, 3.63) is 24.3 Å². The van der Waals surface area contributed by atoms with E-state index in [0.29, 0.717) is 6.42 Å². The van der Waals surface area contributed by atoms with E-state index in [2.05, 4.69) is 10.6 Å². The fourth-order valence-electron chi connectivity index (χ4n) is 1.53. The third kappa shape index (κ3) is 1.61. The van der Waals surface area contributed by atoms with Crippen LogP contribution in [0.1, 0.15) is 6.42 Å². The van der Waals surface area contributed by atoms with Crippen molar-refractivity contribution in [3.8, 4) is 0 Å². The zero-order valence-electron chi connectivity index (χ0n) is 6.99. The Labute approximate surface area is 75.7 Å². The van der Waals surface area contributed by atoms with E-state index >= 15 is 0 Å². The van der Waals surface area contributed by atoms with Crippen LogP contribution < -0.4 is 10.6 Å². The van der Waals surface area contributed by atoms with E-state index in [4.69, 9.17) is 0 Å². The first-order chi connectivity index (χ1) is 6.25. The summed E-state index contributed by atoms with van der Waals surface area (Å²) in [7, 11) is 0. The minimum Gasteiger partial charge on any atom is -0.326 e. The Kier molecular flexibility index (Phi) is 1.88. The topological polar surface area (TPSA) is 58.2 Å². The first kappa shape index (κ1) is 8.04. The minimum atomic E-state index is -0.388. The summed E-state index contributed by atoms with van der Waals surface area (Å²) in [5.41, 5.74) is 0. The zero-order chi connectivity index (χ0) is 9.26. The molecule has 68 valence electrons. The number of urea groups is 1. The van der Waals surface area contributed by atoms with E-state index in [1.807, 2.05) is 24.3 Å². The number of allylic oxidation sites excluding steroid dienone is 4. The molecule has 1 heterocycles. The Morgan fingerprint density at radius 3 is 2.46 bits per heavy atom. The van der Waals surface area contributed by atoms with Crippen molar-refractivity contribution in [1.29, 1.82) is 0 Å². The smallest absolute Gasteiger partial charge is 0.322 e. The van der Waals surface area contributed by atoms with Gasteiger partial charge < -0.3 is 5.32 Å². The number of imide groups is 1. The normalized spacial score (nSPS) is 26.6. The molecule has 13 heavy (non-hydrogen) atoms. The molecule has 0 spiro atoms. The molecule has 0 aromatic rings. The van der Waals surface area contributed by atoms with Crippen LogP contribution in [0.25, 0.3) is 0 Å². The van der Waals surface area contributed by atoms with Crippen molar-refractivity contribution < 1.29 is 9.59 Å². The van der Waals surface area contributed by atoms with Crippen LogP contribution in [0.4, 0.5) is 4.79 Å². The van der Waals surface area contributed by atoms with Crippen molar-refractivity contribution in [3.63, 3.8) is 0 Å². The van der Waals surface area contributed by atoms with Gasteiger partial charge in [-0.05, 0) is 12.3 Å². The number of carbonyl (C=O) groups excluding carboxylic acids is 2. The quantitative estimate of drug-likeness (QED) is 0.598. The number of rotatable bonds is 2. The Hall–Kier alpha value is -1.58. The fourth-order valence-corrected chi connectivity index (χ4v) is 1.53. The molecule has 1 unspecified atom stereocenters. The highest BCUT2D eigenvalue weighted by Crippen LogP contribution is 2.16. The van der Waals surface area contributed by atoms with Gasteiger partial charge in [-0.3, -0.25) is 10.1 Å². The van der Waals surface area contributed by atoms with E-state index in [1.165, 1.54) is 0 Å². The highest BCUT2D eigenvalue weighted by atomic mass is 16.2. The number of hydrogen-bond donors (Lipinski definition) is 2. The molecule has 2 N–H and O–H groups in total. The Morgan fingerprint density at radius 2 is 1.92 bits per heavy atom. The predicted molar refractivity (Wildman–Crippen MR) is 46.8 cm³/mol. The molecule has 1 fully saturated rings. The zero-order valence-corrected chi connectivity index (χ0v) is 6.99. The lowest BCUT2D eigenvalue weighted by Crippen LogP contribution is -2.30. The lowest BCUT2D eigenvalue weighted by molar-refractivity contribution is -0.120. The molecule has 1 saturated heterocycles. The summed E-state index contributed by atoms with van der Waals surface area (Å²) in [6, 6.07) is -0.758. The van der Waals surface area contributed by atoms with E-state index in [9.17, 15) is 9.59 Å². The summed E-state index contributed by atoms with van der Waals surface area (Å²) in [4.78, 5) is 21.9. The van der Waals surface area contributed by atoms with Gasteiger partial charge in [0, 0.05) is 0 Å². The van der Waals surface area contributed by atoms with Gasteiger partial charge in [-0.15, -0.1) is 0 Å². The summed E-state index contributed by atoms with van der Waals surface area (Å²) in [5.74, 6) is 0.0489. The molecule has 1 atom stereocenters. The van der Waals surface area contributed by atoms with Crippen LogP contribution in [0.5, 0.6) is 0 Å². The molecule has 3 amide bonds. The molecule has 4 heteroatoms. The molecule has 2 aliphatic rings. The monoisotopic (exact) mass is 178 g/mol. The Morgan fingerprint density at radius 1 is 1.23 bits per heavy atom. The summed E-state index contributed by atoms with van der Waals surface area (Å²) >= 11 is 0. The minimum absolute atomic E-state index is 0.223. The first-order valence-electron chi connectivity index (χ1n) is 4.22. The van der Waals surface area contributed by atoms with Gasteiger partial charge in [0.1, 0.15) is 6.04 Å². The van der Waals surface area contributed by atoms with Crippen LogP contribution in [0.3, 0.4) is 0 Å². The molecule has 0 radical (unpaired) electrons.